The number of carbonyl (C=O) groups is 1. The first-order chi connectivity index (χ1) is 5.00. The monoisotopic (exact) mass is 224 g/mol. The molecule has 0 bridgehead atoms. The molecule has 0 spiro atoms. The quantitative estimate of drug-likeness (QED) is 0.549. The molecule has 0 heterocycles. The van der Waals surface area contributed by atoms with Gasteiger partial charge in [-0.15, -0.1) is 0 Å². The molecule has 11 heavy (non-hydrogen) atoms. The van der Waals surface area contributed by atoms with E-state index >= 15 is 0 Å². The van der Waals surface area contributed by atoms with Crippen molar-refractivity contribution in [1.82, 2.24) is 0 Å². The van der Waals surface area contributed by atoms with Gasteiger partial charge in [0.15, 0.2) is 0 Å². The van der Waals surface area contributed by atoms with Crippen molar-refractivity contribution >= 4 is 21.9 Å². The van der Waals surface area contributed by atoms with Gasteiger partial charge >= 0.3 is 5.97 Å². The van der Waals surface area contributed by atoms with E-state index < -0.39 is 10.3 Å². The zero-order valence-corrected chi connectivity index (χ0v) is 8.10. The molecule has 4 heteroatoms. The fourth-order valence-corrected chi connectivity index (χ4v) is 0.956. The first-order valence-electron chi connectivity index (χ1n) is 3.54. The second kappa shape index (κ2) is 4.72. The number of halogens is 1. The van der Waals surface area contributed by atoms with Gasteiger partial charge in [-0.25, -0.2) is 0 Å². The molecule has 0 saturated carbocycles. The smallest absolute Gasteiger partial charge is 0.320 e. The van der Waals surface area contributed by atoms with Crippen LogP contribution in [0.2, 0.25) is 0 Å². The maximum atomic E-state index is 10.5. The van der Waals surface area contributed by atoms with Gasteiger partial charge in [0.05, 0.1) is 0 Å². The third-order valence-electron chi connectivity index (χ3n) is 1.50. The summed E-state index contributed by atoms with van der Waals surface area (Å²) in [5, 5.41) is 17.1. The fraction of sp³-hybridized carbons (Fsp3) is 0.857. The average molecular weight is 225 g/mol. The van der Waals surface area contributed by atoms with Crippen molar-refractivity contribution in [2.75, 3.05) is 6.61 Å². The first kappa shape index (κ1) is 10.9. The Balaban J connectivity index is 3.64. The van der Waals surface area contributed by atoms with Crippen LogP contribution in [-0.2, 0) is 4.79 Å². The van der Waals surface area contributed by atoms with Crippen molar-refractivity contribution in [3.05, 3.63) is 0 Å². The Morgan fingerprint density at radius 1 is 1.55 bits per heavy atom. The van der Waals surface area contributed by atoms with Crippen molar-refractivity contribution in [3.8, 4) is 0 Å². The second-order valence-electron chi connectivity index (χ2n) is 2.68. The minimum atomic E-state index is -0.851. The highest BCUT2D eigenvalue weighted by atomic mass is 79.9. The molecule has 1 atom stereocenters. The Hall–Kier alpha value is -0.0900. The average Bonchev–Trinajstić information content (AvgIpc) is 1.88. The van der Waals surface area contributed by atoms with Crippen LogP contribution in [0.1, 0.15) is 26.2 Å². The molecule has 2 N–H and O–H groups in total. The Kier molecular flexibility index (Phi) is 4.68. The van der Waals surface area contributed by atoms with E-state index in [-0.39, 0.29) is 6.61 Å². The van der Waals surface area contributed by atoms with Gasteiger partial charge in [0.2, 0.25) is 0 Å². The van der Waals surface area contributed by atoms with E-state index in [4.69, 9.17) is 10.2 Å². The third-order valence-corrected chi connectivity index (χ3v) is 2.24. The van der Waals surface area contributed by atoms with Crippen LogP contribution in [0.25, 0.3) is 0 Å². The van der Waals surface area contributed by atoms with Gasteiger partial charge in [0.1, 0.15) is 4.32 Å². The predicted octanol–water partition coefficient (Wildman–Crippen LogP) is 1.39. The largest absolute Gasteiger partial charge is 0.480 e. The molecule has 0 fully saturated rings. The normalized spacial score (nSPS) is 15.9. The van der Waals surface area contributed by atoms with Gasteiger partial charge in [0, 0.05) is 6.61 Å². The van der Waals surface area contributed by atoms with Gasteiger partial charge in [-0.1, -0.05) is 15.9 Å². The summed E-state index contributed by atoms with van der Waals surface area (Å²) in [6.07, 6.45) is 1.93. The lowest BCUT2D eigenvalue weighted by molar-refractivity contribution is -0.139. The van der Waals surface area contributed by atoms with E-state index in [0.29, 0.717) is 12.8 Å². The van der Waals surface area contributed by atoms with E-state index in [1.165, 1.54) is 0 Å². The van der Waals surface area contributed by atoms with Crippen molar-refractivity contribution in [2.45, 2.75) is 30.5 Å². The molecule has 0 saturated heterocycles. The van der Waals surface area contributed by atoms with Crippen LogP contribution >= 0.6 is 15.9 Å². The molecule has 0 rings (SSSR count). The van der Waals surface area contributed by atoms with Crippen molar-refractivity contribution in [1.29, 1.82) is 0 Å². The van der Waals surface area contributed by atoms with Crippen LogP contribution in [0.5, 0.6) is 0 Å². The minimum absolute atomic E-state index is 0.128. The Bertz CT molecular complexity index is 134. The molecule has 0 amide bonds. The van der Waals surface area contributed by atoms with Crippen molar-refractivity contribution in [3.63, 3.8) is 0 Å². The summed E-state index contributed by atoms with van der Waals surface area (Å²) in [6, 6.07) is 0. The van der Waals surface area contributed by atoms with Crippen LogP contribution in [0.3, 0.4) is 0 Å². The van der Waals surface area contributed by atoms with E-state index in [0.717, 1.165) is 6.42 Å². The highest BCUT2D eigenvalue weighted by molar-refractivity contribution is 9.10. The Morgan fingerprint density at radius 3 is 2.45 bits per heavy atom. The zero-order chi connectivity index (χ0) is 8.91. The van der Waals surface area contributed by atoms with Crippen LogP contribution in [0.4, 0.5) is 0 Å². The lowest BCUT2D eigenvalue weighted by Gasteiger charge is -2.15. The predicted molar refractivity (Wildman–Crippen MR) is 45.9 cm³/mol. The lowest BCUT2D eigenvalue weighted by atomic mass is 10.0. The fourth-order valence-electron chi connectivity index (χ4n) is 0.676. The molecule has 0 aliphatic heterocycles. The van der Waals surface area contributed by atoms with Crippen LogP contribution in [-0.4, -0.2) is 27.1 Å². The summed E-state index contributed by atoms with van der Waals surface area (Å²) < 4.78 is -0.831. The number of unbranched alkanes of at least 4 members (excludes halogenated alkanes) is 1. The van der Waals surface area contributed by atoms with Gasteiger partial charge in [0.25, 0.3) is 0 Å². The number of carboxylic acid groups (broad SMARTS) is 1. The highest BCUT2D eigenvalue weighted by Crippen LogP contribution is 2.24. The van der Waals surface area contributed by atoms with Crippen LogP contribution < -0.4 is 0 Å². The summed E-state index contributed by atoms with van der Waals surface area (Å²) in [4.78, 5) is 10.5. The lowest BCUT2D eigenvalue weighted by Crippen LogP contribution is -2.27. The molecule has 1 unspecified atom stereocenters. The Morgan fingerprint density at radius 2 is 2.09 bits per heavy atom. The Labute approximate surface area is 74.5 Å². The number of aliphatic hydroxyl groups excluding tert-OH is 1. The zero-order valence-electron chi connectivity index (χ0n) is 6.51. The summed E-state index contributed by atoms with van der Waals surface area (Å²) in [5.74, 6) is -0.851. The molecular weight excluding hydrogens is 212 g/mol. The van der Waals surface area contributed by atoms with E-state index in [1.807, 2.05) is 0 Å². The van der Waals surface area contributed by atoms with E-state index in [1.54, 1.807) is 6.92 Å². The summed E-state index contributed by atoms with van der Waals surface area (Å²) in [7, 11) is 0. The standard InChI is InChI=1S/C7H13BrO3/c1-7(8,6(10)11)4-2-3-5-9/h9H,2-5H2,1H3,(H,10,11). The number of aliphatic hydroxyl groups is 1. The molecule has 0 aromatic carbocycles. The topological polar surface area (TPSA) is 57.5 Å². The van der Waals surface area contributed by atoms with Crippen molar-refractivity contribution in [2.24, 2.45) is 0 Å². The highest BCUT2D eigenvalue weighted by Gasteiger charge is 2.28. The second-order valence-corrected chi connectivity index (χ2v) is 4.43. The molecule has 0 aliphatic rings. The third kappa shape index (κ3) is 4.37. The molecule has 0 aromatic rings. The molecular formula is C7H13BrO3. The van der Waals surface area contributed by atoms with Gasteiger partial charge < -0.3 is 10.2 Å². The van der Waals surface area contributed by atoms with E-state index in [2.05, 4.69) is 15.9 Å². The molecule has 3 nitrogen and oxygen atoms in total. The summed E-state index contributed by atoms with van der Waals surface area (Å²) in [5.41, 5.74) is 0. The van der Waals surface area contributed by atoms with Gasteiger partial charge in [-0.3, -0.25) is 4.79 Å². The number of alkyl halides is 1. The summed E-state index contributed by atoms with van der Waals surface area (Å²) in [6.45, 7) is 1.75. The van der Waals surface area contributed by atoms with Crippen LogP contribution in [0.15, 0.2) is 0 Å². The molecule has 0 aliphatic carbocycles. The van der Waals surface area contributed by atoms with Crippen LogP contribution in [0, 0.1) is 0 Å². The molecule has 0 radical (unpaired) electrons. The van der Waals surface area contributed by atoms with Gasteiger partial charge in [-0.2, -0.15) is 0 Å². The van der Waals surface area contributed by atoms with Gasteiger partial charge in [-0.05, 0) is 26.2 Å². The summed E-state index contributed by atoms with van der Waals surface area (Å²) >= 11 is 3.10. The number of hydrogen-bond donors (Lipinski definition) is 2. The molecule has 0 aromatic heterocycles. The van der Waals surface area contributed by atoms with Crippen molar-refractivity contribution < 1.29 is 15.0 Å². The number of rotatable bonds is 5. The van der Waals surface area contributed by atoms with E-state index in [9.17, 15) is 4.79 Å². The maximum Gasteiger partial charge on any atom is 0.320 e. The maximum absolute atomic E-state index is 10.5. The molecule has 66 valence electrons. The first-order valence-corrected chi connectivity index (χ1v) is 4.33. The number of carboxylic acids is 1. The minimum Gasteiger partial charge on any atom is -0.480 e. The number of aliphatic carboxylic acids is 1. The number of hydrogen-bond acceptors (Lipinski definition) is 2. The SMILES string of the molecule is CC(Br)(CCCCO)C(=O)O.